The number of aliphatic hydroxyl groups is 1. The van der Waals surface area contributed by atoms with Gasteiger partial charge in [0.25, 0.3) is 11.6 Å². The van der Waals surface area contributed by atoms with Gasteiger partial charge in [-0.25, -0.2) is 8.78 Å². The van der Waals surface area contributed by atoms with E-state index in [4.69, 9.17) is 10.8 Å². The zero-order valence-corrected chi connectivity index (χ0v) is 11.6. The molecule has 0 aliphatic carbocycles. The molecule has 0 aliphatic rings. The molecule has 1 atom stereocenters. The van der Waals surface area contributed by atoms with Crippen molar-refractivity contribution in [2.75, 3.05) is 6.61 Å². The standard InChI is InChI=1S/C9H9BrF2N2O4.ClH/c10-6-2-4(14(17)18)1-5(7(6)16)8(13)9(11,12)3-15;/h1-2,8,15-16H,3,13H2;1H/t8-;/m0./s1. The minimum Gasteiger partial charge on any atom is -0.506 e. The first-order valence-electron chi connectivity index (χ1n) is 4.61. The number of non-ortho nitro benzene ring substituents is 1. The molecule has 0 fully saturated rings. The quantitative estimate of drug-likeness (QED) is 0.560. The molecule has 0 aliphatic heterocycles. The van der Waals surface area contributed by atoms with Crippen LogP contribution < -0.4 is 5.73 Å². The van der Waals surface area contributed by atoms with Gasteiger partial charge in [-0.1, -0.05) is 0 Å². The molecule has 0 saturated carbocycles. The van der Waals surface area contributed by atoms with Crippen LogP contribution in [0.5, 0.6) is 5.75 Å². The van der Waals surface area contributed by atoms with Gasteiger partial charge in [-0.15, -0.1) is 12.4 Å². The summed E-state index contributed by atoms with van der Waals surface area (Å²) in [6.07, 6.45) is 0. The van der Waals surface area contributed by atoms with Gasteiger partial charge < -0.3 is 15.9 Å². The summed E-state index contributed by atoms with van der Waals surface area (Å²) >= 11 is 2.80. The zero-order chi connectivity index (χ0) is 14.1. The maximum atomic E-state index is 13.2. The molecule has 0 amide bonds. The number of hydrogen-bond acceptors (Lipinski definition) is 5. The fourth-order valence-corrected chi connectivity index (χ4v) is 1.74. The molecule has 0 aromatic heterocycles. The summed E-state index contributed by atoms with van der Waals surface area (Å²) in [5.41, 5.74) is 4.19. The van der Waals surface area contributed by atoms with Crippen LogP contribution in [0.15, 0.2) is 16.6 Å². The van der Waals surface area contributed by atoms with Crippen molar-refractivity contribution in [2.24, 2.45) is 5.73 Å². The van der Waals surface area contributed by atoms with Crippen molar-refractivity contribution in [3.05, 3.63) is 32.3 Å². The van der Waals surface area contributed by atoms with Crippen molar-refractivity contribution in [2.45, 2.75) is 12.0 Å². The molecule has 0 unspecified atom stereocenters. The highest BCUT2D eigenvalue weighted by Crippen LogP contribution is 2.40. The van der Waals surface area contributed by atoms with Crippen LogP contribution in [0.3, 0.4) is 0 Å². The molecule has 19 heavy (non-hydrogen) atoms. The molecule has 0 bridgehead atoms. The smallest absolute Gasteiger partial charge is 0.289 e. The average Bonchev–Trinajstić information content (AvgIpc) is 2.31. The van der Waals surface area contributed by atoms with Crippen LogP contribution in [0.1, 0.15) is 11.6 Å². The van der Waals surface area contributed by atoms with Gasteiger partial charge in [-0.2, -0.15) is 0 Å². The Morgan fingerprint density at radius 1 is 1.53 bits per heavy atom. The first-order chi connectivity index (χ1) is 8.20. The third-order valence-corrected chi connectivity index (χ3v) is 2.89. The van der Waals surface area contributed by atoms with Crippen LogP contribution in [0.2, 0.25) is 0 Å². The van der Waals surface area contributed by atoms with E-state index < -0.39 is 40.5 Å². The van der Waals surface area contributed by atoms with E-state index in [9.17, 15) is 24.0 Å². The van der Waals surface area contributed by atoms with Crippen LogP contribution in [0, 0.1) is 10.1 Å². The molecule has 0 heterocycles. The molecule has 0 radical (unpaired) electrons. The molecule has 6 nitrogen and oxygen atoms in total. The number of phenols is 1. The summed E-state index contributed by atoms with van der Waals surface area (Å²) in [6, 6.07) is -0.351. The molecule has 1 rings (SSSR count). The number of benzene rings is 1. The minimum absolute atomic E-state index is 0. The SMILES string of the molecule is Cl.N[C@@H](c1cc([N+](=O)[O-])cc(Br)c1O)C(F)(F)CO. The van der Waals surface area contributed by atoms with Gasteiger partial charge in [0.1, 0.15) is 18.4 Å². The second-order valence-corrected chi connectivity index (χ2v) is 4.37. The van der Waals surface area contributed by atoms with Gasteiger partial charge in [0.05, 0.1) is 9.40 Å². The van der Waals surface area contributed by atoms with Gasteiger partial charge >= 0.3 is 0 Å². The number of nitro benzene ring substituents is 1. The summed E-state index contributed by atoms with van der Waals surface area (Å²) in [6.45, 7) is -1.53. The van der Waals surface area contributed by atoms with E-state index in [1.165, 1.54) is 0 Å². The number of nitro groups is 1. The second kappa shape index (κ2) is 6.42. The third kappa shape index (κ3) is 3.72. The highest BCUT2D eigenvalue weighted by Gasteiger charge is 2.39. The largest absolute Gasteiger partial charge is 0.506 e. The van der Waals surface area contributed by atoms with Gasteiger partial charge in [0, 0.05) is 17.7 Å². The Morgan fingerprint density at radius 2 is 2.05 bits per heavy atom. The van der Waals surface area contributed by atoms with Crippen molar-refractivity contribution >= 4 is 34.0 Å². The fourth-order valence-electron chi connectivity index (χ4n) is 1.27. The monoisotopic (exact) mass is 362 g/mol. The highest BCUT2D eigenvalue weighted by atomic mass is 79.9. The number of aliphatic hydroxyl groups excluding tert-OH is 1. The average molecular weight is 364 g/mol. The number of nitrogens with two attached hydrogens (primary N) is 1. The molecule has 0 saturated heterocycles. The van der Waals surface area contributed by atoms with E-state index in [1.54, 1.807) is 0 Å². The van der Waals surface area contributed by atoms with Crippen LogP contribution in [0.4, 0.5) is 14.5 Å². The summed E-state index contributed by atoms with van der Waals surface area (Å²) in [5, 5.41) is 28.7. The first kappa shape index (κ1) is 18.0. The number of phenolic OH excluding ortho intramolecular Hbond substituents is 1. The van der Waals surface area contributed by atoms with Gasteiger partial charge in [-0.05, 0) is 15.9 Å². The van der Waals surface area contributed by atoms with Crippen LogP contribution in [-0.2, 0) is 0 Å². The second-order valence-electron chi connectivity index (χ2n) is 3.52. The number of nitrogens with zero attached hydrogens (tertiary/aromatic N) is 1. The van der Waals surface area contributed by atoms with E-state index in [0.29, 0.717) is 0 Å². The van der Waals surface area contributed by atoms with E-state index in [0.717, 1.165) is 12.1 Å². The summed E-state index contributed by atoms with van der Waals surface area (Å²) < 4.78 is 26.3. The molecular formula is C9H10BrClF2N2O4. The Labute approximate surface area is 120 Å². The van der Waals surface area contributed by atoms with Crippen LogP contribution >= 0.6 is 28.3 Å². The molecule has 0 spiro atoms. The van der Waals surface area contributed by atoms with E-state index >= 15 is 0 Å². The van der Waals surface area contributed by atoms with Crippen molar-refractivity contribution in [1.29, 1.82) is 0 Å². The lowest BCUT2D eigenvalue weighted by Gasteiger charge is -2.22. The Hall–Kier alpha value is -1.03. The van der Waals surface area contributed by atoms with Crippen LogP contribution in [0.25, 0.3) is 0 Å². The van der Waals surface area contributed by atoms with Crippen molar-refractivity contribution in [1.82, 2.24) is 0 Å². The molecule has 4 N–H and O–H groups in total. The van der Waals surface area contributed by atoms with E-state index in [2.05, 4.69) is 15.9 Å². The maximum absolute atomic E-state index is 13.2. The minimum atomic E-state index is -3.70. The van der Waals surface area contributed by atoms with E-state index in [1.807, 2.05) is 0 Å². The van der Waals surface area contributed by atoms with Gasteiger partial charge in [0.2, 0.25) is 0 Å². The number of halogens is 4. The maximum Gasteiger partial charge on any atom is 0.289 e. The highest BCUT2D eigenvalue weighted by molar-refractivity contribution is 9.10. The molecule has 1 aromatic rings. The molecule has 1 aromatic carbocycles. The molecule has 108 valence electrons. The van der Waals surface area contributed by atoms with E-state index in [-0.39, 0.29) is 16.9 Å². The Morgan fingerprint density at radius 3 is 2.47 bits per heavy atom. The summed E-state index contributed by atoms with van der Waals surface area (Å²) in [5.74, 6) is -4.33. The predicted octanol–water partition coefficient (Wildman–Crippen LogP) is 2.11. The lowest BCUT2D eigenvalue weighted by Crippen LogP contribution is -2.36. The summed E-state index contributed by atoms with van der Waals surface area (Å²) in [4.78, 5) is 9.78. The number of rotatable bonds is 4. The predicted molar refractivity (Wildman–Crippen MR) is 68.7 cm³/mol. The molecule has 10 heteroatoms. The normalized spacial score (nSPS) is 12.7. The topological polar surface area (TPSA) is 110 Å². The Balaban J connectivity index is 0.00000324. The van der Waals surface area contributed by atoms with Crippen molar-refractivity contribution in [3.63, 3.8) is 0 Å². The van der Waals surface area contributed by atoms with Gasteiger partial charge in [0.15, 0.2) is 0 Å². The Bertz CT molecular complexity index is 490. The number of aromatic hydroxyl groups is 1. The third-order valence-electron chi connectivity index (χ3n) is 2.29. The van der Waals surface area contributed by atoms with Crippen molar-refractivity contribution in [3.8, 4) is 5.75 Å². The van der Waals surface area contributed by atoms with Gasteiger partial charge in [-0.3, -0.25) is 10.1 Å². The first-order valence-corrected chi connectivity index (χ1v) is 5.41. The lowest BCUT2D eigenvalue weighted by molar-refractivity contribution is -0.385. The lowest BCUT2D eigenvalue weighted by atomic mass is 10.0. The Kier molecular flexibility index (Phi) is 6.07. The van der Waals surface area contributed by atoms with Crippen molar-refractivity contribution < 1.29 is 23.9 Å². The molecular weight excluding hydrogens is 353 g/mol. The number of hydrogen-bond donors (Lipinski definition) is 3. The summed E-state index contributed by atoms with van der Waals surface area (Å²) in [7, 11) is 0. The zero-order valence-electron chi connectivity index (χ0n) is 9.22. The fraction of sp³-hybridized carbons (Fsp3) is 0.333. The number of alkyl halides is 2. The van der Waals surface area contributed by atoms with Crippen LogP contribution in [-0.4, -0.2) is 27.7 Å².